The Hall–Kier alpha value is -2.82. The summed E-state index contributed by atoms with van der Waals surface area (Å²) in [6.45, 7) is 0.169. The number of amides is 1. The van der Waals surface area contributed by atoms with E-state index in [1.54, 1.807) is 41.3 Å². The Labute approximate surface area is 188 Å². The van der Waals surface area contributed by atoms with Crippen LogP contribution in [0.4, 0.5) is 14.5 Å². The molecule has 0 spiro atoms. The lowest BCUT2D eigenvalue weighted by Crippen LogP contribution is -2.41. The number of anilines is 1. The van der Waals surface area contributed by atoms with E-state index < -0.39 is 27.6 Å². The van der Waals surface area contributed by atoms with Crippen molar-refractivity contribution in [1.29, 1.82) is 0 Å². The van der Waals surface area contributed by atoms with Gasteiger partial charge in [-0.15, -0.1) is 0 Å². The van der Waals surface area contributed by atoms with E-state index in [1.807, 2.05) is 0 Å². The highest BCUT2D eigenvalue weighted by Crippen LogP contribution is 2.28. The van der Waals surface area contributed by atoms with Gasteiger partial charge in [0.2, 0.25) is 15.9 Å². The average Bonchev–Trinajstić information content (AvgIpc) is 3.30. The zero-order valence-corrected chi connectivity index (χ0v) is 18.3. The Kier molecular flexibility index (Phi) is 6.27. The van der Waals surface area contributed by atoms with E-state index in [-0.39, 0.29) is 36.7 Å². The van der Waals surface area contributed by atoms with E-state index in [1.165, 1.54) is 4.31 Å². The summed E-state index contributed by atoms with van der Waals surface area (Å²) in [6.07, 6.45) is 3.92. The molecule has 1 fully saturated rings. The molecule has 3 aromatic rings. The zero-order chi connectivity index (χ0) is 22.9. The molecule has 32 heavy (non-hydrogen) atoms. The van der Waals surface area contributed by atoms with Crippen LogP contribution in [0, 0.1) is 17.6 Å². The van der Waals surface area contributed by atoms with Crippen molar-refractivity contribution in [2.75, 3.05) is 18.4 Å². The number of nitrogens with one attached hydrogen (secondary N) is 1. The lowest BCUT2D eigenvalue weighted by molar-refractivity contribution is -0.120. The van der Waals surface area contributed by atoms with Gasteiger partial charge in [0.05, 0.1) is 16.3 Å². The van der Waals surface area contributed by atoms with Gasteiger partial charge >= 0.3 is 0 Å². The minimum absolute atomic E-state index is 0.0843. The summed E-state index contributed by atoms with van der Waals surface area (Å²) in [5.74, 6) is -3.02. The normalized spacial score (nSPS) is 15.6. The quantitative estimate of drug-likeness (QED) is 0.601. The second-order valence-electron chi connectivity index (χ2n) is 7.36. The first-order chi connectivity index (χ1) is 15.3. The molecule has 7 nitrogen and oxygen atoms in total. The summed E-state index contributed by atoms with van der Waals surface area (Å²) in [5.41, 5.74) is 1.13. The third-order valence-electron chi connectivity index (χ3n) is 5.32. The number of piperidine rings is 1. The van der Waals surface area contributed by atoms with Crippen LogP contribution in [0.15, 0.2) is 59.8 Å². The molecule has 1 aromatic heterocycles. The molecule has 1 N–H and O–H groups in total. The van der Waals surface area contributed by atoms with Gasteiger partial charge in [-0.1, -0.05) is 11.6 Å². The smallest absolute Gasteiger partial charge is 0.243 e. The number of benzene rings is 2. The molecule has 11 heteroatoms. The van der Waals surface area contributed by atoms with Crippen LogP contribution in [0.25, 0.3) is 5.69 Å². The summed E-state index contributed by atoms with van der Waals surface area (Å²) < 4.78 is 54.9. The van der Waals surface area contributed by atoms with Crippen molar-refractivity contribution in [1.82, 2.24) is 14.1 Å². The van der Waals surface area contributed by atoms with Crippen molar-refractivity contribution in [3.05, 3.63) is 71.5 Å². The Bertz CT molecular complexity index is 1240. The summed E-state index contributed by atoms with van der Waals surface area (Å²) >= 11 is 6.09. The Morgan fingerprint density at radius 1 is 1.09 bits per heavy atom. The largest absolute Gasteiger partial charge is 0.324 e. The number of nitrogens with zero attached hydrogens (tertiary/aromatic N) is 3. The van der Waals surface area contributed by atoms with Gasteiger partial charge in [0, 0.05) is 36.4 Å². The minimum atomic E-state index is -3.99. The molecule has 1 aliphatic heterocycles. The fourth-order valence-electron chi connectivity index (χ4n) is 3.60. The molecule has 2 aromatic carbocycles. The third-order valence-corrected chi connectivity index (χ3v) is 7.45. The molecule has 4 rings (SSSR count). The van der Waals surface area contributed by atoms with Crippen molar-refractivity contribution in [3.8, 4) is 5.69 Å². The molecule has 0 atom stereocenters. The van der Waals surface area contributed by atoms with Gasteiger partial charge < -0.3 is 5.32 Å². The number of carbonyl (C=O) groups excluding carboxylic acids is 1. The predicted molar refractivity (Wildman–Crippen MR) is 115 cm³/mol. The van der Waals surface area contributed by atoms with Crippen LogP contribution in [0.3, 0.4) is 0 Å². The van der Waals surface area contributed by atoms with Gasteiger partial charge in [-0.2, -0.15) is 9.40 Å². The van der Waals surface area contributed by atoms with Crippen LogP contribution in [0.2, 0.25) is 5.02 Å². The molecule has 0 bridgehead atoms. The van der Waals surface area contributed by atoms with Crippen LogP contribution < -0.4 is 5.32 Å². The van der Waals surface area contributed by atoms with Gasteiger partial charge in [-0.05, 0) is 55.3 Å². The molecule has 168 valence electrons. The topological polar surface area (TPSA) is 84.3 Å². The van der Waals surface area contributed by atoms with E-state index in [0.29, 0.717) is 22.5 Å². The Morgan fingerprint density at radius 3 is 2.50 bits per heavy atom. The van der Waals surface area contributed by atoms with Crippen LogP contribution in [0.1, 0.15) is 12.8 Å². The van der Waals surface area contributed by atoms with E-state index in [0.717, 1.165) is 12.1 Å². The van der Waals surface area contributed by atoms with Crippen LogP contribution in [-0.4, -0.2) is 41.5 Å². The summed E-state index contributed by atoms with van der Waals surface area (Å²) in [4.78, 5) is 12.5. The van der Waals surface area contributed by atoms with Crippen LogP contribution >= 0.6 is 11.6 Å². The zero-order valence-electron chi connectivity index (χ0n) is 16.7. The third kappa shape index (κ3) is 4.52. The number of aromatic nitrogens is 2. The summed E-state index contributed by atoms with van der Waals surface area (Å²) in [5, 5.41) is 7.49. The molecule has 0 unspecified atom stereocenters. The summed E-state index contributed by atoms with van der Waals surface area (Å²) in [6, 6.07) is 9.28. The molecule has 1 saturated heterocycles. The van der Waals surface area contributed by atoms with E-state index >= 15 is 0 Å². The highest BCUT2D eigenvalue weighted by Gasteiger charge is 2.32. The molecule has 2 heterocycles. The van der Waals surface area contributed by atoms with E-state index in [2.05, 4.69) is 10.4 Å². The average molecular weight is 481 g/mol. The number of hydrogen-bond acceptors (Lipinski definition) is 4. The highest BCUT2D eigenvalue weighted by molar-refractivity contribution is 7.89. The van der Waals surface area contributed by atoms with Gasteiger partial charge in [-0.25, -0.2) is 21.9 Å². The Balaban J connectivity index is 1.44. The first-order valence-corrected chi connectivity index (χ1v) is 11.6. The Morgan fingerprint density at radius 2 is 1.84 bits per heavy atom. The monoisotopic (exact) mass is 480 g/mol. The second-order valence-corrected chi connectivity index (χ2v) is 9.73. The van der Waals surface area contributed by atoms with Crippen molar-refractivity contribution in [2.24, 2.45) is 5.92 Å². The molecular weight excluding hydrogens is 462 g/mol. The number of rotatable bonds is 5. The van der Waals surface area contributed by atoms with Crippen molar-refractivity contribution >= 4 is 33.2 Å². The number of sulfonamides is 1. The van der Waals surface area contributed by atoms with E-state index in [4.69, 9.17) is 11.6 Å². The maximum absolute atomic E-state index is 13.5. The fraction of sp³-hybridized carbons (Fsp3) is 0.238. The van der Waals surface area contributed by atoms with Crippen molar-refractivity contribution in [2.45, 2.75) is 17.7 Å². The molecule has 0 saturated carbocycles. The maximum atomic E-state index is 13.5. The molecular formula is C21H19ClF2N4O3S. The lowest BCUT2D eigenvalue weighted by Gasteiger charge is -2.30. The minimum Gasteiger partial charge on any atom is -0.324 e. The number of halogens is 3. The lowest BCUT2D eigenvalue weighted by atomic mass is 9.97. The SMILES string of the molecule is O=C(Nc1cc(Cl)ccc1-n1cccn1)C1CCN(S(=O)(=O)c2ccc(F)c(F)c2)CC1. The van der Waals surface area contributed by atoms with E-state index in [9.17, 15) is 22.0 Å². The van der Waals surface area contributed by atoms with Crippen LogP contribution in [-0.2, 0) is 14.8 Å². The van der Waals surface area contributed by atoms with Crippen LogP contribution in [0.5, 0.6) is 0 Å². The molecule has 1 amide bonds. The number of hydrogen-bond donors (Lipinski definition) is 1. The van der Waals surface area contributed by atoms with Crippen molar-refractivity contribution < 1.29 is 22.0 Å². The maximum Gasteiger partial charge on any atom is 0.243 e. The summed E-state index contributed by atoms with van der Waals surface area (Å²) in [7, 11) is -3.99. The first-order valence-electron chi connectivity index (χ1n) is 9.81. The highest BCUT2D eigenvalue weighted by atomic mass is 35.5. The molecule has 0 radical (unpaired) electrons. The standard InChI is InChI=1S/C21H19ClF2N4O3S/c22-15-2-5-20(28-9-1-8-25-28)19(12-15)26-21(29)14-6-10-27(11-7-14)32(30,31)16-3-4-17(23)18(24)13-16/h1-5,8-9,12-14H,6-7,10-11H2,(H,26,29). The number of carbonyl (C=O) groups is 1. The van der Waals surface area contributed by atoms with Gasteiger partial charge in [0.1, 0.15) is 0 Å². The van der Waals surface area contributed by atoms with Gasteiger partial charge in [0.15, 0.2) is 11.6 Å². The second kappa shape index (κ2) is 8.97. The fourth-order valence-corrected chi connectivity index (χ4v) is 5.25. The van der Waals surface area contributed by atoms with Crippen molar-refractivity contribution in [3.63, 3.8) is 0 Å². The first kappa shape index (κ1) is 22.4. The molecule has 0 aliphatic carbocycles. The predicted octanol–water partition coefficient (Wildman–Crippen LogP) is 3.84. The van der Waals surface area contributed by atoms with Gasteiger partial charge in [0.25, 0.3) is 0 Å². The molecule has 1 aliphatic rings. The van der Waals surface area contributed by atoms with Gasteiger partial charge in [-0.3, -0.25) is 4.79 Å².